The number of carbonyl (C=O) groups is 1. The number of hydrogen-bond acceptors (Lipinski definition) is 11. The van der Waals surface area contributed by atoms with E-state index >= 15 is 4.79 Å². The molecule has 0 radical (unpaired) electrons. The highest BCUT2D eigenvalue weighted by Crippen LogP contribution is 2.59. The molecular formula is C50H53N3O9. The third-order valence-corrected chi connectivity index (χ3v) is 13.9. The lowest BCUT2D eigenvalue weighted by molar-refractivity contribution is -0.134. The first kappa shape index (κ1) is 41.0. The van der Waals surface area contributed by atoms with Crippen molar-refractivity contribution in [1.82, 2.24) is 10.3 Å². The number of aromatic amines is 1. The number of fused-ring (bicyclic) bond motifs is 2. The van der Waals surface area contributed by atoms with Crippen LogP contribution in [-0.4, -0.2) is 74.4 Å². The topological polar surface area (TPSA) is 197 Å². The van der Waals surface area contributed by atoms with Crippen LogP contribution in [0.2, 0.25) is 0 Å². The predicted octanol–water partition coefficient (Wildman–Crippen LogP) is 7.66. The Labute approximate surface area is 359 Å². The number of benzene rings is 4. The van der Waals surface area contributed by atoms with Crippen molar-refractivity contribution in [1.29, 1.82) is 0 Å². The number of dihydropyridines is 1. The second kappa shape index (κ2) is 16.5. The number of aliphatic hydroxyl groups is 2. The predicted molar refractivity (Wildman–Crippen MR) is 237 cm³/mol. The number of aliphatic hydroxyl groups excluding tert-OH is 2. The fourth-order valence-corrected chi connectivity index (χ4v) is 11.0. The maximum absolute atomic E-state index is 15.9. The summed E-state index contributed by atoms with van der Waals surface area (Å²) >= 11 is 0. The molecule has 1 aromatic heterocycles. The van der Waals surface area contributed by atoms with Gasteiger partial charge in [-0.05, 0) is 144 Å². The number of phenols is 4. The lowest BCUT2D eigenvalue weighted by Crippen LogP contribution is -2.50. The number of anilines is 1. The standard InChI is InChI=1S/C50H53N3O9/c1-61-43-18-27(5-11-39(43)56)6-12-40(57)48-41(58)22-31(32-23-42(59)49(60)44(24-32)62-2)19-28-7-8-29-20-35(54)21-30-9-10-37(47(28)46(29)30)53-45-25-33(14-17-52-45)50(48)15-13-38(55)36(50)26-34-4-3-16-51-34/h3-5,7-11,14,16,18,20-21,23-25,28,31,36,38,40,48,51-57,59-60H,6,12-13,15,17,19,22,26H2,1-2H3. The SMILES string of the molecule is COc1cc(CCC(O)C2C(=O)CC(c3cc(O)c(O)c(OC)c3)CC3C=Cc4cc(O)cc5ccc(c3c45)NC3=CC(=CCN3)C23CCC(O)C3Cc2ccc[nH]2)ccc1O. The molecule has 0 amide bonds. The molecule has 1 fully saturated rings. The quantitative estimate of drug-likeness (QED) is 0.0662. The Bertz CT molecular complexity index is 2620. The molecule has 1 saturated carbocycles. The number of hydrogen-bond donors (Lipinski definition) is 9. The van der Waals surface area contributed by atoms with Crippen LogP contribution in [0.3, 0.4) is 0 Å². The fraction of sp³-hybridized carbons (Fsp3) is 0.340. The van der Waals surface area contributed by atoms with Crippen LogP contribution in [0.15, 0.2) is 103 Å². The lowest BCUT2D eigenvalue weighted by atomic mass is 9.57. The molecule has 4 aliphatic rings. The van der Waals surface area contributed by atoms with Gasteiger partial charge in [0, 0.05) is 47.8 Å². The van der Waals surface area contributed by atoms with Gasteiger partial charge in [-0.1, -0.05) is 30.4 Å². The van der Waals surface area contributed by atoms with Crippen molar-refractivity contribution in [2.45, 2.75) is 69.0 Å². The molecule has 62 heavy (non-hydrogen) atoms. The van der Waals surface area contributed by atoms with Gasteiger partial charge in [0.15, 0.2) is 23.0 Å². The van der Waals surface area contributed by atoms with Crippen LogP contribution in [0.25, 0.3) is 16.8 Å². The van der Waals surface area contributed by atoms with Crippen molar-refractivity contribution in [2.24, 2.45) is 17.3 Å². The molecule has 0 saturated heterocycles. The van der Waals surface area contributed by atoms with Gasteiger partial charge in [0.05, 0.1) is 32.3 Å². The fourth-order valence-electron chi connectivity index (χ4n) is 11.0. The highest BCUT2D eigenvalue weighted by Gasteiger charge is 2.58. The van der Waals surface area contributed by atoms with E-state index < -0.39 is 41.1 Å². The van der Waals surface area contributed by atoms with Gasteiger partial charge in [0.1, 0.15) is 17.4 Å². The number of H-pyrrole nitrogens is 1. The van der Waals surface area contributed by atoms with Gasteiger partial charge in [-0.15, -0.1) is 0 Å². The molecule has 3 heterocycles. The minimum atomic E-state index is -1.17. The van der Waals surface area contributed by atoms with Crippen molar-refractivity contribution >= 4 is 28.3 Å². The highest BCUT2D eigenvalue weighted by molar-refractivity contribution is 6.00. The maximum atomic E-state index is 15.9. The van der Waals surface area contributed by atoms with E-state index in [0.717, 1.165) is 44.4 Å². The lowest BCUT2D eigenvalue weighted by Gasteiger charge is -2.46. The van der Waals surface area contributed by atoms with E-state index in [1.165, 1.54) is 20.3 Å². The van der Waals surface area contributed by atoms with E-state index in [0.29, 0.717) is 55.8 Å². The molecule has 12 heteroatoms. The maximum Gasteiger partial charge on any atom is 0.200 e. The third kappa shape index (κ3) is 7.30. The summed E-state index contributed by atoms with van der Waals surface area (Å²) < 4.78 is 10.9. The van der Waals surface area contributed by atoms with E-state index in [1.807, 2.05) is 42.6 Å². The summed E-state index contributed by atoms with van der Waals surface area (Å²) in [4.78, 5) is 19.2. The van der Waals surface area contributed by atoms with E-state index in [4.69, 9.17) is 9.47 Å². The van der Waals surface area contributed by atoms with E-state index in [9.17, 15) is 30.6 Å². The molecule has 2 aliphatic carbocycles. The number of Topliss-reactive ketones (excluding diaryl/α,β-unsaturated/α-hetero) is 1. The van der Waals surface area contributed by atoms with Gasteiger partial charge in [0.25, 0.3) is 0 Å². The van der Waals surface area contributed by atoms with Gasteiger partial charge in [-0.2, -0.15) is 0 Å². The van der Waals surface area contributed by atoms with Crippen molar-refractivity contribution in [2.75, 3.05) is 26.1 Å². The second-order valence-corrected chi connectivity index (χ2v) is 17.3. The Kier molecular flexibility index (Phi) is 10.9. The largest absolute Gasteiger partial charge is 0.508 e. The second-order valence-electron chi connectivity index (χ2n) is 17.3. The molecule has 2 bridgehead atoms. The molecule has 322 valence electrons. The number of aromatic nitrogens is 1. The summed E-state index contributed by atoms with van der Waals surface area (Å²) in [5.74, 6) is -1.98. The van der Waals surface area contributed by atoms with Gasteiger partial charge in [-0.25, -0.2) is 0 Å². The smallest absolute Gasteiger partial charge is 0.200 e. The van der Waals surface area contributed by atoms with E-state index in [2.05, 4.69) is 27.8 Å². The molecular weight excluding hydrogens is 787 g/mol. The molecule has 1 spiro atoms. The molecule has 5 aromatic rings. The summed E-state index contributed by atoms with van der Waals surface area (Å²) in [5.41, 5.74) is 4.83. The average molecular weight is 840 g/mol. The summed E-state index contributed by atoms with van der Waals surface area (Å²) in [6.45, 7) is 0.437. The summed E-state index contributed by atoms with van der Waals surface area (Å²) in [6, 6.07) is 19.6. The number of nitrogens with one attached hydrogen (secondary N) is 3. The van der Waals surface area contributed by atoms with E-state index in [1.54, 1.807) is 36.4 Å². The van der Waals surface area contributed by atoms with Crippen LogP contribution in [0.4, 0.5) is 5.69 Å². The van der Waals surface area contributed by atoms with Crippen LogP contribution in [0.5, 0.6) is 34.5 Å². The third-order valence-electron chi connectivity index (χ3n) is 13.9. The summed E-state index contributed by atoms with van der Waals surface area (Å²) in [7, 11) is 2.89. The molecule has 7 atom stereocenters. The highest BCUT2D eigenvalue weighted by atomic mass is 16.5. The first-order valence-corrected chi connectivity index (χ1v) is 21.3. The van der Waals surface area contributed by atoms with Crippen molar-refractivity contribution in [3.8, 4) is 34.5 Å². The van der Waals surface area contributed by atoms with Gasteiger partial charge in [0.2, 0.25) is 5.75 Å². The van der Waals surface area contributed by atoms with Gasteiger partial charge < -0.3 is 55.7 Å². The first-order chi connectivity index (χ1) is 30.0. The monoisotopic (exact) mass is 839 g/mol. The Morgan fingerprint density at radius 1 is 0.952 bits per heavy atom. The normalized spacial score (nSPS) is 24.8. The van der Waals surface area contributed by atoms with Crippen LogP contribution in [0, 0.1) is 17.3 Å². The van der Waals surface area contributed by atoms with Gasteiger partial charge in [-0.3, -0.25) is 4.79 Å². The van der Waals surface area contributed by atoms with E-state index in [-0.39, 0.29) is 47.5 Å². The average Bonchev–Trinajstić information content (AvgIpc) is 3.90. The summed E-state index contributed by atoms with van der Waals surface area (Å²) in [5, 5.41) is 76.8. The number of methoxy groups -OCH3 is 2. The Morgan fingerprint density at radius 2 is 1.79 bits per heavy atom. The molecule has 2 aliphatic heterocycles. The zero-order chi connectivity index (χ0) is 43.3. The molecule has 9 N–H and O–H groups in total. The molecule has 9 rings (SSSR count). The first-order valence-electron chi connectivity index (χ1n) is 21.3. The van der Waals surface area contributed by atoms with Crippen molar-refractivity contribution < 1.29 is 44.9 Å². The summed E-state index contributed by atoms with van der Waals surface area (Å²) in [6.07, 6.45) is 10.3. The number of rotatable bonds is 9. The van der Waals surface area contributed by atoms with Crippen LogP contribution >= 0.6 is 0 Å². The Morgan fingerprint density at radius 3 is 2.58 bits per heavy atom. The van der Waals surface area contributed by atoms with Gasteiger partial charge >= 0.3 is 0 Å². The number of carbonyl (C=O) groups excluding carboxylic acids is 1. The number of ketones is 1. The number of aromatic hydroxyl groups is 4. The van der Waals surface area contributed by atoms with Crippen molar-refractivity contribution in [3.05, 3.63) is 130 Å². The van der Waals surface area contributed by atoms with Crippen LogP contribution in [0.1, 0.15) is 71.9 Å². The minimum absolute atomic E-state index is 0.00239. The zero-order valence-corrected chi connectivity index (χ0v) is 34.8. The molecule has 4 aromatic carbocycles. The van der Waals surface area contributed by atoms with Crippen LogP contribution in [-0.2, 0) is 17.6 Å². The Balaban J connectivity index is 1.24. The zero-order valence-electron chi connectivity index (χ0n) is 34.8. The molecule has 12 nitrogen and oxygen atoms in total. The number of phenolic OH excluding ortho intramolecular Hbond substituents is 4. The van der Waals surface area contributed by atoms with Crippen molar-refractivity contribution in [3.63, 3.8) is 0 Å². The number of aryl methyl sites for hydroxylation is 1. The van der Waals surface area contributed by atoms with Crippen LogP contribution < -0.4 is 20.1 Å². The molecule has 7 unspecified atom stereocenters. The number of ether oxygens (including phenoxy) is 2. The number of allylic oxidation sites excluding steroid dienone is 3. The Hall–Kier alpha value is -6.37. The minimum Gasteiger partial charge on any atom is -0.508 e.